The first kappa shape index (κ1) is 16.7. The van der Waals surface area contributed by atoms with Crippen molar-refractivity contribution in [2.24, 2.45) is 12.2 Å². The number of oxime groups is 1. The van der Waals surface area contributed by atoms with Gasteiger partial charge in [-0.3, -0.25) is 0 Å². The van der Waals surface area contributed by atoms with Crippen LogP contribution in [-0.4, -0.2) is 36.3 Å². The molecule has 0 saturated heterocycles. The molecule has 6 nitrogen and oxygen atoms in total. The lowest BCUT2D eigenvalue weighted by Gasteiger charge is -2.11. The summed E-state index contributed by atoms with van der Waals surface area (Å²) in [6.07, 6.45) is -2.65. The van der Waals surface area contributed by atoms with Crippen molar-refractivity contribution in [3.05, 3.63) is 41.6 Å². The molecule has 23 heavy (non-hydrogen) atoms. The Labute approximate surface area is 132 Å². The van der Waals surface area contributed by atoms with E-state index in [4.69, 9.17) is 14.3 Å². The zero-order valence-corrected chi connectivity index (χ0v) is 13.0. The number of hydrogen-bond donors (Lipinski definition) is 0. The van der Waals surface area contributed by atoms with E-state index in [-0.39, 0.29) is 18.2 Å². The maximum Gasteiger partial charge on any atom is 0.282 e. The highest BCUT2D eigenvalue weighted by atomic mass is 19.3. The van der Waals surface area contributed by atoms with Crippen LogP contribution in [-0.2, 0) is 11.9 Å². The zero-order valence-electron chi connectivity index (χ0n) is 13.0. The molecular weight excluding hydrogens is 308 g/mol. The third-order valence-electron chi connectivity index (χ3n) is 3.06. The van der Waals surface area contributed by atoms with E-state index in [1.165, 1.54) is 24.9 Å². The standard InChI is InChI=1S/C15H17F2N3O3/c1-20-14(8-11(18-20)15(16)17)23-9-12(19-22-3)10-6-4-5-7-13(10)21-2/h4-8,15H,9H2,1-3H3. The Morgan fingerprint density at radius 1 is 1.30 bits per heavy atom. The number of alkyl halides is 2. The fourth-order valence-corrected chi connectivity index (χ4v) is 2.00. The molecule has 124 valence electrons. The van der Waals surface area contributed by atoms with Gasteiger partial charge in [0, 0.05) is 18.7 Å². The average Bonchev–Trinajstić information content (AvgIpc) is 2.93. The minimum atomic E-state index is -2.65. The predicted molar refractivity (Wildman–Crippen MR) is 80.2 cm³/mol. The smallest absolute Gasteiger partial charge is 0.282 e. The molecule has 2 rings (SSSR count). The maximum atomic E-state index is 12.7. The molecule has 0 bridgehead atoms. The fourth-order valence-electron chi connectivity index (χ4n) is 2.00. The summed E-state index contributed by atoms with van der Waals surface area (Å²) in [6, 6.07) is 8.41. The molecule has 0 atom stereocenters. The Hall–Kier alpha value is -2.64. The largest absolute Gasteiger partial charge is 0.496 e. The van der Waals surface area contributed by atoms with Crippen molar-refractivity contribution in [3.63, 3.8) is 0 Å². The van der Waals surface area contributed by atoms with Crippen molar-refractivity contribution < 1.29 is 23.1 Å². The third-order valence-corrected chi connectivity index (χ3v) is 3.06. The molecule has 0 aliphatic carbocycles. The van der Waals surface area contributed by atoms with Gasteiger partial charge in [0.15, 0.2) is 0 Å². The van der Waals surface area contributed by atoms with Crippen LogP contribution in [0.4, 0.5) is 8.78 Å². The van der Waals surface area contributed by atoms with E-state index in [1.807, 2.05) is 12.1 Å². The second kappa shape index (κ2) is 7.57. The lowest BCUT2D eigenvalue weighted by molar-refractivity contribution is 0.145. The summed E-state index contributed by atoms with van der Waals surface area (Å²) in [5, 5.41) is 7.61. The molecule has 0 amide bonds. The molecule has 0 N–H and O–H groups in total. The first-order valence-corrected chi connectivity index (χ1v) is 6.75. The van der Waals surface area contributed by atoms with Crippen molar-refractivity contribution in [2.45, 2.75) is 6.43 Å². The van der Waals surface area contributed by atoms with Gasteiger partial charge in [0.25, 0.3) is 6.43 Å². The molecule has 0 unspecified atom stereocenters. The second-order valence-electron chi connectivity index (χ2n) is 4.54. The van der Waals surface area contributed by atoms with Crippen molar-refractivity contribution >= 4 is 5.71 Å². The molecule has 0 radical (unpaired) electrons. The number of nitrogens with zero attached hydrogens (tertiary/aromatic N) is 3. The first-order valence-electron chi connectivity index (χ1n) is 6.75. The number of halogens is 2. The molecule has 8 heteroatoms. The minimum Gasteiger partial charge on any atom is -0.496 e. The Balaban J connectivity index is 2.20. The molecule has 0 saturated carbocycles. The summed E-state index contributed by atoms with van der Waals surface area (Å²) in [5.41, 5.74) is 0.808. The quantitative estimate of drug-likeness (QED) is 0.580. The molecule has 0 fully saturated rings. The van der Waals surface area contributed by atoms with Crippen LogP contribution in [0, 0.1) is 0 Å². The second-order valence-corrected chi connectivity index (χ2v) is 4.54. The lowest BCUT2D eigenvalue weighted by Crippen LogP contribution is -2.15. The molecule has 0 aliphatic heterocycles. The number of ether oxygens (including phenoxy) is 2. The highest BCUT2D eigenvalue weighted by Crippen LogP contribution is 2.23. The van der Waals surface area contributed by atoms with Crippen LogP contribution in [0.15, 0.2) is 35.5 Å². The van der Waals surface area contributed by atoms with E-state index < -0.39 is 6.43 Å². The van der Waals surface area contributed by atoms with Gasteiger partial charge in [-0.15, -0.1) is 0 Å². The number of hydrogen-bond acceptors (Lipinski definition) is 5. The van der Waals surface area contributed by atoms with E-state index in [9.17, 15) is 8.78 Å². The van der Waals surface area contributed by atoms with Crippen LogP contribution in [0.3, 0.4) is 0 Å². The lowest BCUT2D eigenvalue weighted by atomic mass is 10.1. The third kappa shape index (κ3) is 3.97. The van der Waals surface area contributed by atoms with Gasteiger partial charge in [0.1, 0.15) is 30.9 Å². The van der Waals surface area contributed by atoms with Crippen molar-refractivity contribution in [3.8, 4) is 11.6 Å². The van der Waals surface area contributed by atoms with Gasteiger partial charge in [-0.2, -0.15) is 5.10 Å². The van der Waals surface area contributed by atoms with Gasteiger partial charge >= 0.3 is 0 Å². The summed E-state index contributed by atoms with van der Waals surface area (Å²) in [6.45, 7) is 0.0103. The molecule has 0 spiro atoms. The van der Waals surface area contributed by atoms with Crippen molar-refractivity contribution in [1.29, 1.82) is 0 Å². The summed E-state index contributed by atoms with van der Waals surface area (Å²) in [7, 11) is 4.48. The molecule has 1 aromatic carbocycles. The number of benzene rings is 1. The number of rotatable bonds is 7. The molecule has 0 aliphatic rings. The molecule has 2 aromatic rings. The SMILES string of the molecule is CON=C(COc1cc(C(F)F)nn1C)c1ccccc1OC. The predicted octanol–water partition coefficient (Wildman–Crippen LogP) is 2.80. The highest BCUT2D eigenvalue weighted by Gasteiger charge is 2.17. The number of aryl methyl sites for hydroxylation is 1. The van der Waals surface area contributed by atoms with E-state index in [0.29, 0.717) is 17.0 Å². The fraction of sp³-hybridized carbons (Fsp3) is 0.333. The first-order chi connectivity index (χ1) is 11.1. The van der Waals surface area contributed by atoms with Gasteiger partial charge in [-0.25, -0.2) is 13.5 Å². The Bertz CT molecular complexity index is 686. The van der Waals surface area contributed by atoms with E-state index in [1.54, 1.807) is 19.2 Å². The van der Waals surface area contributed by atoms with E-state index in [2.05, 4.69) is 10.3 Å². The average molecular weight is 325 g/mol. The summed E-state index contributed by atoms with van der Waals surface area (Å²) >= 11 is 0. The monoisotopic (exact) mass is 325 g/mol. The zero-order chi connectivity index (χ0) is 16.8. The molecule has 1 heterocycles. The van der Waals surface area contributed by atoms with Gasteiger partial charge in [-0.1, -0.05) is 17.3 Å². The number of aromatic nitrogens is 2. The van der Waals surface area contributed by atoms with Gasteiger partial charge in [-0.05, 0) is 12.1 Å². The van der Waals surface area contributed by atoms with Crippen molar-refractivity contribution in [2.75, 3.05) is 20.8 Å². The Morgan fingerprint density at radius 3 is 2.65 bits per heavy atom. The topological polar surface area (TPSA) is 57.9 Å². The van der Waals surface area contributed by atoms with Gasteiger partial charge < -0.3 is 14.3 Å². The van der Waals surface area contributed by atoms with Crippen LogP contribution in [0.2, 0.25) is 0 Å². The van der Waals surface area contributed by atoms with Crippen LogP contribution in [0.25, 0.3) is 0 Å². The van der Waals surface area contributed by atoms with Crippen LogP contribution in [0.5, 0.6) is 11.6 Å². The van der Waals surface area contributed by atoms with Crippen LogP contribution in [0.1, 0.15) is 17.7 Å². The minimum absolute atomic E-state index is 0.0103. The molecule has 1 aromatic heterocycles. The van der Waals surface area contributed by atoms with Gasteiger partial charge in [0.05, 0.1) is 7.11 Å². The van der Waals surface area contributed by atoms with Crippen LogP contribution >= 0.6 is 0 Å². The summed E-state index contributed by atoms with van der Waals surface area (Å²) in [5.74, 6) is 0.809. The van der Waals surface area contributed by atoms with E-state index >= 15 is 0 Å². The Morgan fingerprint density at radius 2 is 2.04 bits per heavy atom. The summed E-state index contributed by atoms with van der Waals surface area (Å²) < 4.78 is 37.4. The van der Waals surface area contributed by atoms with Crippen LogP contribution < -0.4 is 9.47 Å². The van der Waals surface area contributed by atoms with Gasteiger partial charge in [0.2, 0.25) is 5.88 Å². The van der Waals surface area contributed by atoms with E-state index in [0.717, 1.165) is 0 Å². The molecular formula is C15H17F2N3O3. The summed E-state index contributed by atoms with van der Waals surface area (Å²) in [4.78, 5) is 4.83. The normalized spacial score (nSPS) is 11.7. The highest BCUT2D eigenvalue weighted by molar-refractivity contribution is 6.03. The Kier molecular flexibility index (Phi) is 5.51. The number of methoxy groups -OCH3 is 1. The number of para-hydroxylation sites is 1. The van der Waals surface area contributed by atoms with Crippen molar-refractivity contribution in [1.82, 2.24) is 9.78 Å². The maximum absolute atomic E-state index is 12.7.